The van der Waals surface area contributed by atoms with Crippen molar-refractivity contribution in [1.29, 1.82) is 0 Å². The first-order chi connectivity index (χ1) is 16.9. The molecule has 4 aromatic rings. The summed E-state index contributed by atoms with van der Waals surface area (Å²) < 4.78 is 40.3. The first-order valence-corrected chi connectivity index (χ1v) is 11.9. The summed E-state index contributed by atoms with van der Waals surface area (Å²) in [5.41, 5.74) is 3.71. The Hall–Kier alpha value is -3.79. The maximum absolute atomic E-state index is 12.7. The number of aryl methyl sites for hydroxylation is 1. The maximum Gasteiger partial charge on any atom is 0.416 e. The average molecular weight is 496 g/mol. The minimum Gasteiger partial charge on any atom is -0.308 e. The standard InChI is InChI=1S/C25H20F3N5OS/c26-25(27,28)18-5-7-19(8-6-18)30-24(34)31-20-4-1-3-17(15-20)22-21(16-9-11-29-12-10-16)23-33(32-22)13-2-14-35-23/h1,3-12,15H,2,13-14H2,(H2,30,31,34). The third-order valence-corrected chi connectivity index (χ3v) is 6.67. The van der Waals surface area contributed by atoms with E-state index in [-0.39, 0.29) is 5.69 Å². The number of pyridine rings is 1. The number of thioether (sulfide) groups is 1. The highest BCUT2D eigenvalue weighted by molar-refractivity contribution is 7.99. The number of nitrogens with zero attached hydrogens (tertiary/aromatic N) is 3. The average Bonchev–Trinajstić information content (AvgIpc) is 3.24. The molecule has 0 atom stereocenters. The number of anilines is 2. The molecule has 0 fully saturated rings. The van der Waals surface area contributed by atoms with Gasteiger partial charge in [-0.3, -0.25) is 9.67 Å². The Kier molecular flexibility index (Phi) is 6.21. The second-order valence-electron chi connectivity index (χ2n) is 7.92. The van der Waals surface area contributed by atoms with E-state index in [2.05, 4.69) is 15.6 Å². The zero-order valence-corrected chi connectivity index (χ0v) is 19.2. The van der Waals surface area contributed by atoms with Gasteiger partial charge in [-0.15, -0.1) is 11.8 Å². The van der Waals surface area contributed by atoms with Gasteiger partial charge < -0.3 is 10.6 Å². The Balaban J connectivity index is 1.39. The van der Waals surface area contributed by atoms with Gasteiger partial charge in [0.05, 0.1) is 5.56 Å². The van der Waals surface area contributed by atoms with Crippen LogP contribution in [0.25, 0.3) is 22.4 Å². The summed E-state index contributed by atoms with van der Waals surface area (Å²) in [6, 6.07) is 15.0. The third-order valence-electron chi connectivity index (χ3n) is 5.49. The van der Waals surface area contributed by atoms with Crippen LogP contribution in [-0.2, 0) is 12.7 Å². The largest absolute Gasteiger partial charge is 0.416 e. The molecule has 6 nitrogen and oxygen atoms in total. The molecule has 2 aromatic heterocycles. The fraction of sp³-hybridized carbons (Fsp3) is 0.160. The lowest BCUT2D eigenvalue weighted by Gasteiger charge is -2.14. The molecule has 1 aliphatic rings. The van der Waals surface area contributed by atoms with Gasteiger partial charge in [0.1, 0.15) is 10.7 Å². The lowest BCUT2D eigenvalue weighted by molar-refractivity contribution is -0.137. The third kappa shape index (κ3) is 5.02. The lowest BCUT2D eigenvalue weighted by Crippen LogP contribution is -2.19. The van der Waals surface area contributed by atoms with Crippen LogP contribution in [0.1, 0.15) is 12.0 Å². The minimum atomic E-state index is -4.43. The number of carbonyl (C=O) groups is 1. The van der Waals surface area contributed by atoms with Crippen LogP contribution in [0.3, 0.4) is 0 Å². The maximum atomic E-state index is 12.7. The summed E-state index contributed by atoms with van der Waals surface area (Å²) in [7, 11) is 0. The predicted molar refractivity (Wildman–Crippen MR) is 130 cm³/mol. The number of nitrogens with one attached hydrogen (secondary N) is 2. The van der Waals surface area contributed by atoms with Crippen LogP contribution in [0.4, 0.5) is 29.3 Å². The molecule has 2 aromatic carbocycles. The SMILES string of the molecule is O=C(Nc1ccc(C(F)(F)F)cc1)Nc1cccc(-c2nn3c(c2-c2ccncc2)SCCC3)c1. The summed E-state index contributed by atoms with van der Waals surface area (Å²) in [4.78, 5) is 16.6. The lowest BCUT2D eigenvalue weighted by atomic mass is 10.0. The molecular weight excluding hydrogens is 475 g/mol. The van der Waals surface area contributed by atoms with E-state index in [1.54, 1.807) is 30.2 Å². The minimum absolute atomic E-state index is 0.255. The first-order valence-electron chi connectivity index (χ1n) is 10.9. The Bertz CT molecular complexity index is 1350. The molecule has 2 N–H and O–H groups in total. The van der Waals surface area contributed by atoms with Gasteiger partial charge in [-0.1, -0.05) is 12.1 Å². The van der Waals surface area contributed by atoms with E-state index >= 15 is 0 Å². The molecule has 0 aliphatic carbocycles. The Morgan fingerprint density at radius 2 is 1.69 bits per heavy atom. The van der Waals surface area contributed by atoms with Crippen molar-refractivity contribution in [3.05, 3.63) is 78.6 Å². The van der Waals surface area contributed by atoms with E-state index in [1.807, 2.05) is 35.0 Å². The van der Waals surface area contributed by atoms with Gasteiger partial charge in [0.15, 0.2) is 0 Å². The Morgan fingerprint density at radius 1 is 0.943 bits per heavy atom. The summed E-state index contributed by atoms with van der Waals surface area (Å²) in [6.45, 7) is 0.841. The molecule has 0 unspecified atom stereocenters. The van der Waals surface area contributed by atoms with Crippen molar-refractivity contribution in [2.24, 2.45) is 0 Å². The van der Waals surface area contributed by atoms with Crippen molar-refractivity contribution < 1.29 is 18.0 Å². The highest BCUT2D eigenvalue weighted by Gasteiger charge is 2.30. The Labute approximate surface area is 203 Å². The molecule has 178 valence electrons. The summed E-state index contributed by atoms with van der Waals surface area (Å²) in [5, 5.41) is 11.3. The fourth-order valence-corrected chi connectivity index (χ4v) is 5.00. The molecule has 0 spiro atoms. The van der Waals surface area contributed by atoms with Crippen LogP contribution < -0.4 is 10.6 Å². The van der Waals surface area contributed by atoms with Gasteiger partial charge in [-0.25, -0.2) is 4.79 Å². The van der Waals surface area contributed by atoms with Crippen LogP contribution in [-0.4, -0.2) is 26.5 Å². The van der Waals surface area contributed by atoms with Crippen molar-refractivity contribution in [3.63, 3.8) is 0 Å². The number of halogens is 3. The van der Waals surface area contributed by atoms with Crippen molar-refractivity contribution in [2.45, 2.75) is 24.2 Å². The smallest absolute Gasteiger partial charge is 0.308 e. The fourth-order valence-electron chi connectivity index (χ4n) is 3.89. The van der Waals surface area contributed by atoms with Gasteiger partial charge in [-0.05, 0) is 60.5 Å². The van der Waals surface area contributed by atoms with E-state index < -0.39 is 17.8 Å². The van der Waals surface area contributed by atoms with Gasteiger partial charge in [0.25, 0.3) is 0 Å². The molecule has 10 heteroatoms. The zero-order valence-electron chi connectivity index (χ0n) is 18.3. The van der Waals surface area contributed by atoms with Gasteiger partial charge in [0, 0.05) is 47.2 Å². The number of alkyl halides is 3. The number of amides is 2. The monoisotopic (exact) mass is 495 g/mol. The summed E-state index contributed by atoms with van der Waals surface area (Å²) in [5.74, 6) is 1.02. The zero-order chi connectivity index (χ0) is 24.4. The van der Waals surface area contributed by atoms with Crippen LogP contribution in [0, 0.1) is 0 Å². The number of fused-ring (bicyclic) bond motifs is 1. The molecule has 0 saturated heterocycles. The molecule has 5 rings (SSSR count). The number of rotatable bonds is 4. The number of carbonyl (C=O) groups excluding carboxylic acids is 1. The van der Waals surface area contributed by atoms with E-state index in [4.69, 9.17) is 5.10 Å². The molecule has 0 radical (unpaired) electrons. The van der Waals surface area contributed by atoms with Gasteiger partial charge >= 0.3 is 12.2 Å². The van der Waals surface area contributed by atoms with Crippen LogP contribution >= 0.6 is 11.8 Å². The highest BCUT2D eigenvalue weighted by atomic mass is 32.2. The van der Waals surface area contributed by atoms with Gasteiger partial charge in [0.2, 0.25) is 0 Å². The molecule has 3 heterocycles. The van der Waals surface area contributed by atoms with Gasteiger partial charge in [-0.2, -0.15) is 18.3 Å². The van der Waals surface area contributed by atoms with Crippen LogP contribution in [0.15, 0.2) is 78.1 Å². The van der Waals surface area contributed by atoms with Crippen molar-refractivity contribution >= 4 is 29.2 Å². The van der Waals surface area contributed by atoms with E-state index in [0.717, 1.165) is 58.3 Å². The first kappa shape index (κ1) is 23.0. The van der Waals surface area contributed by atoms with Crippen molar-refractivity contribution in [2.75, 3.05) is 16.4 Å². The predicted octanol–water partition coefficient (Wildman–Crippen LogP) is 6.77. The van der Waals surface area contributed by atoms with E-state index in [9.17, 15) is 18.0 Å². The van der Waals surface area contributed by atoms with Crippen molar-refractivity contribution in [3.8, 4) is 22.4 Å². The molecular formula is C25H20F3N5OS. The molecule has 2 amide bonds. The topological polar surface area (TPSA) is 71.8 Å². The summed E-state index contributed by atoms with van der Waals surface area (Å²) >= 11 is 1.77. The highest BCUT2D eigenvalue weighted by Crippen LogP contribution is 2.41. The number of hydrogen-bond donors (Lipinski definition) is 2. The quantitative estimate of drug-likeness (QED) is 0.328. The molecule has 35 heavy (non-hydrogen) atoms. The normalized spacial score (nSPS) is 13.2. The second kappa shape index (κ2) is 9.46. The molecule has 0 bridgehead atoms. The number of urea groups is 1. The number of aromatic nitrogens is 3. The number of benzene rings is 2. The van der Waals surface area contributed by atoms with E-state index in [0.29, 0.717) is 5.69 Å². The van der Waals surface area contributed by atoms with E-state index in [1.165, 1.54) is 12.1 Å². The molecule has 1 aliphatic heterocycles. The number of hydrogen-bond acceptors (Lipinski definition) is 4. The van der Waals surface area contributed by atoms with Crippen LogP contribution in [0.2, 0.25) is 0 Å². The summed E-state index contributed by atoms with van der Waals surface area (Å²) in [6.07, 6.45) is 0.113. The molecule has 0 saturated carbocycles. The Morgan fingerprint density at radius 3 is 2.43 bits per heavy atom. The van der Waals surface area contributed by atoms with Crippen molar-refractivity contribution in [1.82, 2.24) is 14.8 Å². The second-order valence-corrected chi connectivity index (χ2v) is 9.01. The van der Waals surface area contributed by atoms with Crippen LogP contribution in [0.5, 0.6) is 0 Å².